The number of esters is 2. The Morgan fingerprint density at radius 3 is 2.06 bits per heavy atom. The summed E-state index contributed by atoms with van der Waals surface area (Å²) in [4.78, 5) is 25.1. The molecule has 0 amide bonds. The first-order valence-electron chi connectivity index (χ1n) is 9.95. The van der Waals surface area contributed by atoms with Crippen molar-refractivity contribution in [3.8, 4) is 0 Å². The maximum absolute atomic E-state index is 12.6. The quantitative estimate of drug-likeness (QED) is 0.360. The Balaban J connectivity index is 1.33. The van der Waals surface area contributed by atoms with Crippen LogP contribution in [0.4, 0.5) is 0 Å². The van der Waals surface area contributed by atoms with Crippen molar-refractivity contribution < 1.29 is 55.8 Å². The predicted octanol–water partition coefficient (Wildman–Crippen LogP) is 2.39. The first-order valence-corrected chi connectivity index (χ1v) is 12.1. The third-order valence-corrected chi connectivity index (χ3v) is 6.92. The number of ether oxygens (including phenoxy) is 4. The lowest BCUT2D eigenvalue weighted by Gasteiger charge is -2.43. The molecule has 2 bridgehead atoms. The van der Waals surface area contributed by atoms with Crippen LogP contribution in [0.25, 0.3) is 0 Å². The van der Waals surface area contributed by atoms with Crippen LogP contribution in [0.1, 0.15) is 20.7 Å². The van der Waals surface area contributed by atoms with Gasteiger partial charge in [-0.05, 0) is 18.2 Å². The molecule has 4 saturated heterocycles. The molecule has 0 spiro atoms. The molecule has 0 N–H and O–H groups in total. The summed E-state index contributed by atoms with van der Waals surface area (Å²) in [5.41, 5.74) is -1.24. The fourth-order valence-electron chi connectivity index (χ4n) is 3.38. The summed E-state index contributed by atoms with van der Waals surface area (Å²) in [6.07, 6.45) is 0. The summed E-state index contributed by atoms with van der Waals surface area (Å²) < 4.78 is 64.0. The summed E-state index contributed by atoms with van der Waals surface area (Å²) in [7, 11) is -3.96. The fourth-order valence-corrected chi connectivity index (χ4v) is 5.22. The van der Waals surface area contributed by atoms with E-state index in [1.807, 2.05) is 0 Å². The van der Waals surface area contributed by atoms with Gasteiger partial charge < -0.3 is 18.9 Å². The molecule has 0 atom stereocenters. The van der Waals surface area contributed by atoms with Gasteiger partial charge in [-0.15, -0.1) is 0 Å². The van der Waals surface area contributed by atoms with Crippen molar-refractivity contribution in [1.82, 2.24) is 0 Å². The van der Waals surface area contributed by atoms with E-state index in [-0.39, 0.29) is 70.8 Å². The van der Waals surface area contributed by atoms with Crippen molar-refractivity contribution in [3.63, 3.8) is 0 Å². The van der Waals surface area contributed by atoms with Gasteiger partial charge in [-0.25, -0.2) is 18.7 Å². The zero-order valence-electron chi connectivity index (χ0n) is 17.5. The molecule has 180 valence electrons. The van der Waals surface area contributed by atoms with Gasteiger partial charge in [-0.2, -0.15) is 0 Å². The number of phosphoric ester groups is 1. The Labute approximate surface area is 190 Å². The Hall–Kier alpha value is -1.75. The molecule has 0 aromatic heterocycles. The van der Waals surface area contributed by atoms with Crippen LogP contribution in [0, 0.1) is 10.8 Å². The molecule has 1 aromatic carbocycles. The number of carbonyl (C=O) groups is 2. The number of fused-ring (bicyclic) bond motifs is 3. The summed E-state index contributed by atoms with van der Waals surface area (Å²) >= 11 is 0. The van der Waals surface area contributed by atoms with Gasteiger partial charge in [0, 0.05) is 0 Å². The number of hydrogen-bond donors (Lipinski definition) is 0. The molecule has 33 heavy (non-hydrogen) atoms. The van der Waals surface area contributed by atoms with Crippen molar-refractivity contribution in [2.75, 3.05) is 59.6 Å². The second-order valence-electron chi connectivity index (χ2n) is 8.16. The summed E-state index contributed by atoms with van der Waals surface area (Å²) in [5.74, 6) is -1.33. The Morgan fingerprint density at radius 1 is 0.909 bits per heavy atom. The van der Waals surface area contributed by atoms with E-state index < -0.39 is 39.3 Å². The van der Waals surface area contributed by atoms with Crippen LogP contribution in [0.15, 0.2) is 24.3 Å². The highest BCUT2D eigenvalue weighted by Crippen LogP contribution is 2.59. The van der Waals surface area contributed by atoms with E-state index in [1.165, 1.54) is 24.3 Å². The van der Waals surface area contributed by atoms with Crippen LogP contribution >= 0.6 is 16.5 Å². The summed E-state index contributed by atoms with van der Waals surface area (Å²) in [6.45, 7) is 0.640. The van der Waals surface area contributed by atoms with Crippen LogP contribution in [0.5, 0.6) is 0 Å². The van der Waals surface area contributed by atoms with E-state index in [2.05, 4.69) is 0 Å². The normalized spacial score (nSPS) is 28.4. The Kier molecular flexibility index (Phi) is 7.57. The molecule has 0 unspecified atom stereocenters. The highest BCUT2D eigenvalue weighted by atomic mass is 31.2. The number of phosphoric acid groups is 1. The van der Waals surface area contributed by atoms with Crippen LogP contribution < -0.4 is 0 Å². The Morgan fingerprint density at radius 2 is 1.48 bits per heavy atom. The monoisotopic (exact) mass is 504 g/mol. The fraction of sp³-hybridized carbons (Fsp3) is 0.579. The predicted molar refractivity (Wildman–Crippen MR) is 108 cm³/mol. The molecule has 4 heterocycles. The zero-order valence-corrected chi connectivity index (χ0v) is 19.3. The second kappa shape index (κ2) is 10.2. The van der Waals surface area contributed by atoms with E-state index in [0.717, 1.165) is 0 Å². The lowest BCUT2D eigenvalue weighted by atomic mass is 9.92. The number of hydrogen-bond acceptors (Lipinski definition) is 12. The third kappa shape index (κ3) is 5.85. The molecule has 4 aliphatic rings. The van der Waals surface area contributed by atoms with Gasteiger partial charge >= 0.3 is 28.4 Å². The van der Waals surface area contributed by atoms with Gasteiger partial charge in [0.25, 0.3) is 0 Å². The van der Waals surface area contributed by atoms with Crippen molar-refractivity contribution >= 4 is 28.4 Å². The standard InChI is InChI=1S/C19H22O12P2/c20-16(26-7-18(9-28-32-22)5-24-13-25-6-18)14-2-1-3-15(4-14)17(21)27-8-19-10-29-33(23,30-11-19)31-12-19/h1-4H,5-13H2. The van der Waals surface area contributed by atoms with Gasteiger partial charge in [0.05, 0.1) is 61.6 Å². The number of benzene rings is 1. The van der Waals surface area contributed by atoms with Crippen LogP contribution in [0.3, 0.4) is 0 Å². The highest BCUT2D eigenvalue weighted by molar-refractivity contribution is 7.48. The van der Waals surface area contributed by atoms with E-state index in [4.69, 9.17) is 37.0 Å². The Bertz CT molecular complexity index is 913. The van der Waals surface area contributed by atoms with Crippen molar-refractivity contribution in [3.05, 3.63) is 35.4 Å². The molecular formula is C19H22O12P2. The largest absolute Gasteiger partial charge is 0.474 e. The van der Waals surface area contributed by atoms with Gasteiger partial charge in [0.15, 0.2) is 0 Å². The third-order valence-electron chi connectivity index (χ3n) is 5.35. The molecule has 4 aliphatic heterocycles. The molecular weight excluding hydrogens is 482 g/mol. The van der Waals surface area contributed by atoms with Crippen LogP contribution in [-0.4, -0.2) is 71.6 Å². The van der Waals surface area contributed by atoms with Gasteiger partial charge in [0.1, 0.15) is 20.0 Å². The second-order valence-corrected chi connectivity index (χ2v) is 10.2. The number of rotatable bonds is 9. The van der Waals surface area contributed by atoms with Crippen molar-refractivity contribution in [2.24, 2.45) is 10.8 Å². The van der Waals surface area contributed by atoms with Gasteiger partial charge in [-0.1, -0.05) is 6.07 Å². The van der Waals surface area contributed by atoms with E-state index in [1.54, 1.807) is 0 Å². The maximum Gasteiger partial charge on any atom is 0.474 e. The molecule has 0 radical (unpaired) electrons. The molecule has 12 nitrogen and oxygen atoms in total. The molecule has 4 fully saturated rings. The average molecular weight is 504 g/mol. The van der Waals surface area contributed by atoms with Crippen LogP contribution in [-0.2, 0) is 46.2 Å². The average Bonchev–Trinajstić information content (AvgIpc) is 2.86. The zero-order chi connectivity index (χ0) is 23.4. The van der Waals surface area contributed by atoms with E-state index in [9.17, 15) is 18.7 Å². The minimum absolute atomic E-state index is 0.00600. The summed E-state index contributed by atoms with van der Waals surface area (Å²) in [5, 5.41) is 0. The topological polar surface area (TPSA) is 142 Å². The van der Waals surface area contributed by atoms with E-state index >= 15 is 0 Å². The molecule has 0 saturated carbocycles. The lowest BCUT2D eigenvalue weighted by molar-refractivity contribution is -0.184. The van der Waals surface area contributed by atoms with Crippen molar-refractivity contribution in [2.45, 2.75) is 0 Å². The molecule has 0 aliphatic carbocycles. The SMILES string of the molecule is O=POCC1(COC(=O)c2cccc(C(=O)OCC34COP(=O)(OC3)OC4)c2)COCOC1. The smallest absolute Gasteiger partial charge is 0.461 e. The minimum Gasteiger partial charge on any atom is -0.461 e. The maximum atomic E-state index is 12.6. The summed E-state index contributed by atoms with van der Waals surface area (Å²) in [6, 6.07) is 5.89. The van der Waals surface area contributed by atoms with Gasteiger partial charge in [-0.3, -0.25) is 18.1 Å². The number of carbonyl (C=O) groups excluding carboxylic acids is 2. The van der Waals surface area contributed by atoms with Crippen molar-refractivity contribution in [1.29, 1.82) is 0 Å². The molecule has 1 aromatic rings. The minimum atomic E-state index is -3.45. The first-order chi connectivity index (χ1) is 15.9. The molecule has 14 heteroatoms. The molecule has 5 rings (SSSR count). The highest BCUT2D eigenvalue weighted by Gasteiger charge is 2.51. The first kappa shape index (κ1) is 24.4. The van der Waals surface area contributed by atoms with E-state index in [0.29, 0.717) is 0 Å². The van der Waals surface area contributed by atoms with Crippen LogP contribution in [0.2, 0.25) is 0 Å². The van der Waals surface area contributed by atoms with Gasteiger partial charge in [0.2, 0.25) is 0 Å². The lowest BCUT2D eigenvalue weighted by Crippen LogP contribution is -2.48.